The molecular weight excluding hydrogens is 283 g/mol. The second-order valence-electron chi connectivity index (χ2n) is 5.15. The van der Waals surface area contributed by atoms with Crippen LogP contribution in [0.4, 0.5) is 23.7 Å². The summed E-state index contributed by atoms with van der Waals surface area (Å²) in [5.41, 5.74) is 5.25. The molecule has 0 aromatic heterocycles. The Bertz CT molecular complexity index is 511. The number of urea groups is 1. The number of amides is 2. The van der Waals surface area contributed by atoms with Gasteiger partial charge in [0.2, 0.25) is 0 Å². The fraction of sp³-hybridized carbons (Fsp3) is 0.500. The van der Waals surface area contributed by atoms with E-state index in [-0.39, 0.29) is 18.2 Å². The summed E-state index contributed by atoms with van der Waals surface area (Å²) in [7, 11) is 0. The molecule has 4 nitrogen and oxygen atoms in total. The Morgan fingerprint density at radius 1 is 1.29 bits per heavy atom. The van der Waals surface area contributed by atoms with Gasteiger partial charge in [0.05, 0.1) is 5.56 Å². The molecule has 0 radical (unpaired) electrons. The summed E-state index contributed by atoms with van der Waals surface area (Å²) in [5, 5.41) is 5.38. The molecule has 2 rings (SSSR count). The minimum Gasteiger partial charge on any atom is -0.335 e. The van der Waals surface area contributed by atoms with E-state index >= 15 is 0 Å². The van der Waals surface area contributed by atoms with E-state index in [0.717, 1.165) is 37.8 Å². The first-order valence-corrected chi connectivity index (χ1v) is 6.88. The van der Waals surface area contributed by atoms with Crippen LogP contribution in [0, 0.1) is 0 Å². The van der Waals surface area contributed by atoms with Gasteiger partial charge in [-0.15, -0.1) is 0 Å². The average molecular weight is 301 g/mol. The van der Waals surface area contributed by atoms with Crippen molar-refractivity contribution in [2.24, 2.45) is 5.73 Å². The van der Waals surface area contributed by atoms with E-state index in [1.54, 1.807) is 0 Å². The third-order valence-corrected chi connectivity index (χ3v) is 3.59. The summed E-state index contributed by atoms with van der Waals surface area (Å²) in [5.74, 6) is 0. The monoisotopic (exact) mass is 301 g/mol. The van der Waals surface area contributed by atoms with Crippen molar-refractivity contribution in [3.63, 3.8) is 0 Å². The number of benzene rings is 1. The van der Waals surface area contributed by atoms with Crippen LogP contribution in [0.5, 0.6) is 0 Å². The Balaban J connectivity index is 2.06. The molecule has 1 saturated carbocycles. The highest BCUT2D eigenvalue weighted by Crippen LogP contribution is 2.31. The van der Waals surface area contributed by atoms with Gasteiger partial charge >= 0.3 is 12.2 Å². The zero-order valence-corrected chi connectivity index (χ0v) is 11.5. The van der Waals surface area contributed by atoms with Gasteiger partial charge in [-0.3, -0.25) is 0 Å². The fourth-order valence-electron chi connectivity index (χ4n) is 2.47. The molecule has 2 amide bonds. The maximum absolute atomic E-state index is 12.6. The van der Waals surface area contributed by atoms with Crippen LogP contribution in [0.25, 0.3) is 0 Å². The van der Waals surface area contributed by atoms with E-state index in [2.05, 4.69) is 10.6 Å². The first-order chi connectivity index (χ1) is 9.90. The van der Waals surface area contributed by atoms with Gasteiger partial charge in [-0.05, 0) is 36.6 Å². The molecule has 116 valence electrons. The molecule has 0 spiro atoms. The van der Waals surface area contributed by atoms with Gasteiger partial charge in [-0.25, -0.2) is 4.79 Å². The van der Waals surface area contributed by atoms with Crippen molar-refractivity contribution in [1.82, 2.24) is 5.32 Å². The van der Waals surface area contributed by atoms with Gasteiger partial charge in [0.1, 0.15) is 0 Å². The van der Waals surface area contributed by atoms with Crippen molar-refractivity contribution in [1.29, 1.82) is 0 Å². The number of nitrogens with two attached hydrogens (primary N) is 1. The lowest BCUT2D eigenvalue weighted by Crippen LogP contribution is -2.36. The van der Waals surface area contributed by atoms with Gasteiger partial charge < -0.3 is 16.4 Å². The summed E-state index contributed by atoms with van der Waals surface area (Å²) in [6.45, 7) is -0.0804. The number of rotatable bonds is 3. The molecule has 1 aliphatic rings. The van der Waals surface area contributed by atoms with Crippen molar-refractivity contribution in [2.75, 3.05) is 5.32 Å². The molecule has 0 aliphatic heterocycles. The third-order valence-electron chi connectivity index (χ3n) is 3.59. The summed E-state index contributed by atoms with van der Waals surface area (Å²) in [6, 6.07) is 2.87. The molecule has 0 unspecified atom stereocenters. The van der Waals surface area contributed by atoms with E-state index in [1.165, 1.54) is 6.07 Å². The number of hydrogen-bond acceptors (Lipinski definition) is 2. The van der Waals surface area contributed by atoms with E-state index in [4.69, 9.17) is 5.73 Å². The number of halogens is 3. The second-order valence-corrected chi connectivity index (χ2v) is 5.15. The molecule has 7 heteroatoms. The molecule has 0 atom stereocenters. The standard InChI is InChI=1S/C14H18F3N3O/c15-14(16,17)10-5-6-12(9(7-10)8-18)20-13(21)19-11-3-1-2-4-11/h5-7,11H,1-4,8,18H2,(H2,19,20,21). The zero-order chi connectivity index (χ0) is 15.5. The number of anilines is 1. The highest BCUT2D eigenvalue weighted by atomic mass is 19.4. The zero-order valence-electron chi connectivity index (χ0n) is 11.5. The molecule has 0 bridgehead atoms. The lowest BCUT2D eigenvalue weighted by molar-refractivity contribution is -0.137. The van der Waals surface area contributed by atoms with E-state index in [0.29, 0.717) is 5.69 Å². The maximum atomic E-state index is 12.6. The van der Waals surface area contributed by atoms with Crippen LogP contribution in [0.2, 0.25) is 0 Å². The number of carbonyl (C=O) groups excluding carboxylic acids is 1. The number of alkyl halides is 3. The molecule has 1 aliphatic carbocycles. The van der Waals surface area contributed by atoms with Crippen LogP contribution in [0.3, 0.4) is 0 Å². The van der Waals surface area contributed by atoms with Gasteiger partial charge in [0.15, 0.2) is 0 Å². The molecule has 0 saturated heterocycles. The van der Waals surface area contributed by atoms with Crippen LogP contribution in [-0.4, -0.2) is 12.1 Å². The lowest BCUT2D eigenvalue weighted by Gasteiger charge is -2.16. The van der Waals surface area contributed by atoms with Crippen LogP contribution in [0.1, 0.15) is 36.8 Å². The van der Waals surface area contributed by atoms with E-state index < -0.39 is 17.8 Å². The van der Waals surface area contributed by atoms with Crippen LogP contribution in [0.15, 0.2) is 18.2 Å². The summed E-state index contributed by atoms with van der Waals surface area (Å²) in [4.78, 5) is 11.8. The van der Waals surface area contributed by atoms with Gasteiger partial charge in [-0.1, -0.05) is 12.8 Å². The number of carbonyl (C=O) groups is 1. The van der Waals surface area contributed by atoms with Gasteiger partial charge in [0, 0.05) is 18.3 Å². The van der Waals surface area contributed by atoms with Crippen molar-refractivity contribution in [3.05, 3.63) is 29.3 Å². The Kier molecular flexibility index (Phi) is 4.72. The Hall–Kier alpha value is -1.76. The van der Waals surface area contributed by atoms with Crippen molar-refractivity contribution < 1.29 is 18.0 Å². The van der Waals surface area contributed by atoms with Crippen LogP contribution in [-0.2, 0) is 12.7 Å². The topological polar surface area (TPSA) is 67.1 Å². The lowest BCUT2D eigenvalue weighted by atomic mass is 10.1. The van der Waals surface area contributed by atoms with Gasteiger partial charge in [0.25, 0.3) is 0 Å². The second kappa shape index (κ2) is 6.34. The summed E-state index contributed by atoms with van der Waals surface area (Å²) in [6.07, 6.45) is -0.387. The van der Waals surface area contributed by atoms with Crippen molar-refractivity contribution in [2.45, 2.75) is 44.4 Å². The predicted octanol–water partition coefficient (Wildman–Crippen LogP) is 3.23. The Morgan fingerprint density at radius 3 is 2.52 bits per heavy atom. The molecule has 21 heavy (non-hydrogen) atoms. The minimum atomic E-state index is -4.42. The molecule has 4 N–H and O–H groups in total. The molecular formula is C14H18F3N3O. The fourth-order valence-corrected chi connectivity index (χ4v) is 2.47. The number of hydrogen-bond donors (Lipinski definition) is 3. The largest absolute Gasteiger partial charge is 0.416 e. The molecule has 0 heterocycles. The molecule has 1 aromatic rings. The smallest absolute Gasteiger partial charge is 0.335 e. The SMILES string of the molecule is NCc1cc(C(F)(F)F)ccc1NC(=O)NC1CCCC1. The van der Waals surface area contributed by atoms with E-state index in [9.17, 15) is 18.0 Å². The van der Waals surface area contributed by atoms with Crippen molar-refractivity contribution in [3.8, 4) is 0 Å². The number of nitrogens with one attached hydrogen (secondary N) is 2. The Labute approximate surface area is 120 Å². The summed E-state index contributed by atoms with van der Waals surface area (Å²) < 4.78 is 37.9. The van der Waals surface area contributed by atoms with Crippen molar-refractivity contribution >= 4 is 11.7 Å². The predicted molar refractivity (Wildman–Crippen MR) is 73.7 cm³/mol. The molecule has 1 aromatic carbocycles. The minimum absolute atomic E-state index is 0.0804. The first-order valence-electron chi connectivity index (χ1n) is 6.88. The van der Waals surface area contributed by atoms with Crippen LogP contribution >= 0.6 is 0 Å². The van der Waals surface area contributed by atoms with Crippen LogP contribution < -0.4 is 16.4 Å². The Morgan fingerprint density at radius 2 is 1.95 bits per heavy atom. The third kappa shape index (κ3) is 4.10. The maximum Gasteiger partial charge on any atom is 0.416 e. The quantitative estimate of drug-likeness (QED) is 0.802. The molecule has 1 fully saturated rings. The van der Waals surface area contributed by atoms with E-state index in [1.807, 2.05) is 0 Å². The average Bonchev–Trinajstić information content (AvgIpc) is 2.90. The highest BCUT2D eigenvalue weighted by Gasteiger charge is 2.31. The normalized spacial score (nSPS) is 16.0. The van der Waals surface area contributed by atoms with Gasteiger partial charge in [-0.2, -0.15) is 13.2 Å². The first kappa shape index (κ1) is 15.6. The summed E-state index contributed by atoms with van der Waals surface area (Å²) >= 11 is 0. The highest BCUT2D eigenvalue weighted by molar-refractivity contribution is 5.90.